The van der Waals surface area contributed by atoms with E-state index in [0.717, 1.165) is 0 Å². The van der Waals surface area contributed by atoms with Gasteiger partial charge in [0.25, 0.3) is 0 Å². The molecule has 6 heteroatoms. The smallest absolute Gasteiger partial charge is 0.339 e. The number of hydrogen-bond acceptors (Lipinski definition) is 3. The topological polar surface area (TPSA) is 55.4 Å². The first-order chi connectivity index (χ1) is 7.58. The molecule has 1 amide bonds. The van der Waals surface area contributed by atoms with Crippen LogP contribution in [0.25, 0.3) is 0 Å². The number of halogens is 2. The van der Waals surface area contributed by atoms with Gasteiger partial charge in [-0.15, -0.1) is 11.6 Å². The number of alkyl halides is 1. The van der Waals surface area contributed by atoms with Crippen molar-refractivity contribution in [3.05, 3.63) is 28.8 Å². The monoisotopic (exact) mass is 261 g/mol. The number of methoxy groups -OCH3 is 1. The number of hydrogen-bond donors (Lipinski definition) is 1. The molecule has 86 valence electrons. The standard InChI is InChI=1S/C10H9Cl2NO3/c1-16-10(15)7-3-2-6(12)4-8(7)13-9(14)5-11/h2-4H,5H2,1H3,(H,13,14). The maximum absolute atomic E-state index is 11.4. The molecule has 4 nitrogen and oxygen atoms in total. The van der Waals surface area contributed by atoms with E-state index >= 15 is 0 Å². The van der Waals surface area contributed by atoms with Gasteiger partial charge in [-0.1, -0.05) is 11.6 Å². The van der Waals surface area contributed by atoms with Crippen molar-refractivity contribution >= 4 is 40.8 Å². The Kier molecular flexibility index (Phi) is 4.58. The minimum absolute atomic E-state index is 0.201. The lowest BCUT2D eigenvalue weighted by atomic mass is 10.2. The summed E-state index contributed by atoms with van der Waals surface area (Å²) >= 11 is 11.1. The lowest BCUT2D eigenvalue weighted by Gasteiger charge is -2.08. The van der Waals surface area contributed by atoms with E-state index in [0.29, 0.717) is 5.02 Å². The van der Waals surface area contributed by atoms with Crippen LogP contribution in [0.1, 0.15) is 10.4 Å². The minimum Gasteiger partial charge on any atom is -0.465 e. The molecule has 0 fully saturated rings. The molecule has 0 aromatic heterocycles. The summed E-state index contributed by atoms with van der Waals surface area (Å²) in [5.74, 6) is -1.18. The number of rotatable bonds is 3. The van der Waals surface area contributed by atoms with Gasteiger partial charge in [0.1, 0.15) is 5.88 Å². The second-order valence-electron chi connectivity index (χ2n) is 2.86. The summed E-state index contributed by atoms with van der Waals surface area (Å²) in [5, 5.41) is 2.86. The van der Waals surface area contributed by atoms with Crippen molar-refractivity contribution in [1.82, 2.24) is 0 Å². The van der Waals surface area contributed by atoms with E-state index in [1.165, 1.54) is 25.3 Å². The van der Waals surface area contributed by atoms with Crippen LogP contribution in [0.5, 0.6) is 0 Å². The fraction of sp³-hybridized carbons (Fsp3) is 0.200. The molecule has 0 unspecified atom stereocenters. The SMILES string of the molecule is COC(=O)c1ccc(Cl)cc1NC(=O)CCl. The highest BCUT2D eigenvalue weighted by Crippen LogP contribution is 2.21. The quantitative estimate of drug-likeness (QED) is 0.671. The number of carbonyl (C=O) groups excluding carboxylic acids is 2. The summed E-state index contributed by atoms with van der Waals surface area (Å²) in [4.78, 5) is 22.5. The molecule has 1 aromatic carbocycles. The lowest BCUT2D eigenvalue weighted by Crippen LogP contribution is -2.16. The van der Waals surface area contributed by atoms with Crippen LogP contribution in [-0.4, -0.2) is 24.9 Å². The molecule has 0 atom stereocenters. The van der Waals surface area contributed by atoms with Gasteiger partial charge in [-0.25, -0.2) is 4.79 Å². The van der Waals surface area contributed by atoms with Crippen molar-refractivity contribution < 1.29 is 14.3 Å². The van der Waals surface area contributed by atoms with Crippen LogP contribution < -0.4 is 5.32 Å². The lowest BCUT2D eigenvalue weighted by molar-refractivity contribution is -0.113. The zero-order valence-electron chi connectivity index (χ0n) is 8.42. The van der Waals surface area contributed by atoms with E-state index in [4.69, 9.17) is 23.2 Å². The zero-order valence-corrected chi connectivity index (χ0v) is 9.93. The molecule has 0 spiro atoms. The molecule has 16 heavy (non-hydrogen) atoms. The van der Waals surface area contributed by atoms with E-state index < -0.39 is 11.9 Å². The Balaban J connectivity index is 3.08. The van der Waals surface area contributed by atoms with Crippen LogP contribution in [0.15, 0.2) is 18.2 Å². The molecule has 0 aliphatic rings. The maximum Gasteiger partial charge on any atom is 0.339 e. The van der Waals surface area contributed by atoms with E-state index in [1.807, 2.05) is 0 Å². The number of esters is 1. The van der Waals surface area contributed by atoms with Crippen molar-refractivity contribution in [2.45, 2.75) is 0 Å². The third-order valence-electron chi connectivity index (χ3n) is 1.78. The van der Waals surface area contributed by atoms with E-state index in [1.54, 1.807) is 0 Å². The molecule has 0 saturated heterocycles. The summed E-state index contributed by atoms with van der Waals surface area (Å²) in [5.41, 5.74) is 0.510. The number of nitrogens with one attached hydrogen (secondary N) is 1. The van der Waals surface area contributed by atoms with Gasteiger partial charge in [0.05, 0.1) is 18.4 Å². The number of carbonyl (C=O) groups is 2. The highest BCUT2D eigenvalue weighted by atomic mass is 35.5. The fourth-order valence-corrected chi connectivity index (χ4v) is 1.33. The average molecular weight is 262 g/mol. The van der Waals surface area contributed by atoms with Crippen LogP contribution in [-0.2, 0) is 9.53 Å². The Morgan fingerprint density at radius 3 is 2.69 bits per heavy atom. The third kappa shape index (κ3) is 3.12. The van der Waals surface area contributed by atoms with E-state index in [9.17, 15) is 9.59 Å². The molecule has 1 N–H and O–H groups in total. The van der Waals surface area contributed by atoms with Crippen molar-refractivity contribution in [2.75, 3.05) is 18.3 Å². The summed E-state index contributed by atoms with van der Waals surface area (Å²) in [7, 11) is 1.25. The average Bonchev–Trinajstić information content (AvgIpc) is 2.28. The van der Waals surface area contributed by atoms with Gasteiger partial charge >= 0.3 is 5.97 Å². The first-order valence-corrected chi connectivity index (χ1v) is 5.23. The molecule has 0 radical (unpaired) electrons. The Labute approximate surface area is 102 Å². The highest BCUT2D eigenvalue weighted by molar-refractivity contribution is 6.31. The number of anilines is 1. The summed E-state index contributed by atoms with van der Waals surface area (Å²) < 4.78 is 4.57. The Hall–Kier alpha value is -1.26. The van der Waals surface area contributed by atoms with Gasteiger partial charge in [-0.05, 0) is 18.2 Å². The van der Waals surface area contributed by atoms with Crippen LogP contribution in [0.4, 0.5) is 5.69 Å². The summed E-state index contributed by atoms with van der Waals surface area (Å²) in [6, 6.07) is 4.46. The molecular formula is C10H9Cl2NO3. The largest absolute Gasteiger partial charge is 0.465 e. The molecule has 0 heterocycles. The molecule has 1 rings (SSSR count). The summed E-state index contributed by atoms with van der Waals surface area (Å²) in [6.45, 7) is 0. The normalized spacial score (nSPS) is 9.69. The molecule has 0 aliphatic heterocycles. The summed E-state index contributed by atoms with van der Waals surface area (Å²) in [6.07, 6.45) is 0. The fourth-order valence-electron chi connectivity index (χ4n) is 1.09. The van der Waals surface area contributed by atoms with Crippen molar-refractivity contribution in [3.63, 3.8) is 0 Å². The molecule has 0 saturated carbocycles. The van der Waals surface area contributed by atoms with Gasteiger partial charge in [-0.3, -0.25) is 4.79 Å². The molecule has 0 bridgehead atoms. The minimum atomic E-state index is -0.554. The molecule has 0 aliphatic carbocycles. The predicted octanol–water partition coefficient (Wildman–Crippen LogP) is 2.30. The second-order valence-corrected chi connectivity index (χ2v) is 3.57. The first kappa shape index (κ1) is 12.8. The van der Waals surface area contributed by atoms with E-state index in [-0.39, 0.29) is 17.1 Å². The predicted molar refractivity (Wildman–Crippen MR) is 62.1 cm³/mol. The Bertz CT molecular complexity index is 421. The number of amides is 1. The van der Waals surface area contributed by atoms with Gasteiger partial charge in [0.15, 0.2) is 0 Å². The number of benzene rings is 1. The van der Waals surface area contributed by atoms with Gasteiger partial charge < -0.3 is 10.1 Å². The second kappa shape index (κ2) is 5.72. The Morgan fingerprint density at radius 2 is 2.12 bits per heavy atom. The van der Waals surface area contributed by atoms with Crippen LogP contribution >= 0.6 is 23.2 Å². The van der Waals surface area contributed by atoms with Gasteiger partial charge in [0, 0.05) is 5.02 Å². The van der Waals surface area contributed by atoms with Gasteiger partial charge in [0.2, 0.25) is 5.91 Å². The Morgan fingerprint density at radius 1 is 1.44 bits per heavy atom. The maximum atomic E-state index is 11.4. The van der Waals surface area contributed by atoms with Gasteiger partial charge in [-0.2, -0.15) is 0 Å². The van der Waals surface area contributed by atoms with Crippen molar-refractivity contribution in [2.24, 2.45) is 0 Å². The third-order valence-corrected chi connectivity index (χ3v) is 2.26. The number of ether oxygens (including phenoxy) is 1. The molecule has 1 aromatic rings. The molecular weight excluding hydrogens is 253 g/mol. The van der Waals surface area contributed by atoms with Crippen LogP contribution in [0.2, 0.25) is 5.02 Å². The zero-order chi connectivity index (χ0) is 12.1. The van der Waals surface area contributed by atoms with Crippen LogP contribution in [0, 0.1) is 0 Å². The highest BCUT2D eigenvalue weighted by Gasteiger charge is 2.13. The van der Waals surface area contributed by atoms with Crippen molar-refractivity contribution in [3.8, 4) is 0 Å². The first-order valence-electron chi connectivity index (χ1n) is 4.32. The van der Waals surface area contributed by atoms with Crippen molar-refractivity contribution in [1.29, 1.82) is 0 Å². The van der Waals surface area contributed by atoms with Crippen LogP contribution in [0.3, 0.4) is 0 Å². The van der Waals surface area contributed by atoms with E-state index in [2.05, 4.69) is 10.1 Å².